The van der Waals surface area contributed by atoms with E-state index in [1.807, 2.05) is 4.90 Å². The van der Waals surface area contributed by atoms with Gasteiger partial charge in [0.25, 0.3) is 0 Å². The maximum absolute atomic E-state index is 11.6. The lowest BCUT2D eigenvalue weighted by atomic mass is 10.00. The van der Waals surface area contributed by atoms with Crippen LogP contribution in [0.2, 0.25) is 0 Å². The van der Waals surface area contributed by atoms with Crippen LogP contribution in [-0.4, -0.2) is 41.8 Å². The van der Waals surface area contributed by atoms with E-state index in [9.17, 15) is 4.79 Å². The number of piperidine rings is 1. The molecule has 0 aliphatic carbocycles. The van der Waals surface area contributed by atoms with Gasteiger partial charge in [-0.2, -0.15) is 0 Å². The standard InChI is InChI=1S/C11H22N2O2/c1-9-4-7-13(8-5-9)11(15)12-6-3-10(2)14/h9-10,14H,3-8H2,1-2H3,(H,12,15). The van der Waals surface area contributed by atoms with Crippen molar-refractivity contribution in [1.82, 2.24) is 10.2 Å². The molecule has 88 valence electrons. The van der Waals surface area contributed by atoms with Crippen LogP contribution in [0.25, 0.3) is 0 Å². The fourth-order valence-electron chi connectivity index (χ4n) is 1.71. The molecule has 1 aliphatic heterocycles. The molecule has 2 amide bonds. The predicted octanol–water partition coefficient (Wildman–Crippen LogP) is 1.20. The molecule has 1 rings (SSSR count). The summed E-state index contributed by atoms with van der Waals surface area (Å²) in [5, 5.41) is 11.9. The molecule has 4 nitrogen and oxygen atoms in total. The topological polar surface area (TPSA) is 52.6 Å². The molecule has 0 spiro atoms. The highest BCUT2D eigenvalue weighted by Crippen LogP contribution is 2.15. The van der Waals surface area contributed by atoms with Crippen LogP contribution in [0, 0.1) is 5.92 Å². The summed E-state index contributed by atoms with van der Waals surface area (Å²) in [6.07, 6.45) is 2.48. The normalized spacial score (nSPS) is 20.1. The molecule has 1 saturated heterocycles. The lowest BCUT2D eigenvalue weighted by Gasteiger charge is -2.30. The van der Waals surface area contributed by atoms with Gasteiger partial charge in [0, 0.05) is 19.6 Å². The molecular weight excluding hydrogens is 192 g/mol. The van der Waals surface area contributed by atoms with Crippen molar-refractivity contribution in [2.45, 2.75) is 39.2 Å². The number of hydrogen-bond donors (Lipinski definition) is 2. The zero-order chi connectivity index (χ0) is 11.3. The molecule has 1 heterocycles. The first-order valence-corrected chi connectivity index (χ1v) is 5.80. The maximum Gasteiger partial charge on any atom is 0.317 e. The van der Waals surface area contributed by atoms with E-state index in [0.717, 1.165) is 31.8 Å². The smallest absolute Gasteiger partial charge is 0.317 e. The second-order valence-corrected chi connectivity index (χ2v) is 4.54. The van der Waals surface area contributed by atoms with E-state index in [1.165, 1.54) is 0 Å². The second-order valence-electron chi connectivity index (χ2n) is 4.54. The van der Waals surface area contributed by atoms with Gasteiger partial charge in [-0.05, 0) is 32.1 Å². The Kier molecular flexibility index (Phi) is 4.88. The number of urea groups is 1. The Morgan fingerprint density at radius 1 is 1.53 bits per heavy atom. The zero-order valence-electron chi connectivity index (χ0n) is 9.70. The predicted molar refractivity (Wildman–Crippen MR) is 59.7 cm³/mol. The fraction of sp³-hybridized carbons (Fsp3) is 0.909. The number of likely N-dealkylation sites (tertiary alicyclic amines) is 1. The van der Waals surface area contributed by atoms with Gasteiger partial charge in [0.05, 0.1) is 6.10 Å². The first-order valence-electron chi connectivity index (χ1n) is 5.80. The molecule has 0 aromatic heterocycles. The van der Waals surface area contributed by atoms with Crippen molar-refractivity contribution >= 4 is 6.03 Å². The highest BCUT2D eigenvalue weighted by atomic mass is 16.3. The van der Waals surface area contributed by atoms with Crippen molar-refractivity contribution in [3.63, 3.8) is 0 Å². The van der Waals surface area contributed by atoms with Crippen molar-refractivity contribution < 1.29 is 9.90 Å². The van der Waals surface area contributed by atoms with Crippen LogP contribution < -0.4 is 5.32 Å². The SMILES string of the molecule is CC(O)CCNC(=O)N1CCC(C)CC1. The monoisotopic (exact) mass is 214 g/mol. The van der Waals surface area contributed by atoms with Gasteiger partial charge in [-0.25, -0.2) is 4.79 Å². The highest BCUT2D eigenvalue weighted by Gasteiger charge is 2.19. The van der Waals surface area contributed by atoms with Crippen LogP contribution in [0.1, 0.15) is 33.1 Å². The first-order chi connectivity index (χ1) is 7.09. The Bertz CT molecular complexity index is 199. The molecule has 0 aromatic rings. The van der Waals surface area contributed by atoms with Crippen molar-refractivity contribution in [1.29, 1.82) is 0 Å². The summed E-state index contributed by atoms with van der Waals surface area (Å²) in [7, 11) is 0. The Morgan fingerprint density at radius 3 is 2.67 bits per heavy atom. The van der Waals surface area contributed by atoms with Gasteiger partial charge in [-0.15, -0.1) is 0 Å². The minimum Gasteiger partial charge on any atom is -0.393 e. The zero-order valence-corrected chi connectivity index (χ0v) is 9.70. The third-order valence-corrected chi connectivity index (χ3v) is 2.91. The molecular formula is C11H22N2O2. The Hall–Kier alpha value is -0.770. The summed E-state index contributed by atoms with van der Waals surface area (Å²) in [5.74, 6) is 0.742. The molecule has 1 atom stereocenters. The van der Waals surface area contributed by atoms with Crippen LogP contribution in [-0.2, 0) is 0 Å². The van der Waals surface area contributed by atoms with E-state index < -0.39 is 0 Å². The molecule has 1 aliphatic rings. The van der Waals surface area contributed by atoms with Gasteiger partial charge in [0.1, 0.15) is 0 Å². The van der Waals surface area contributed by atoms with Gasteiger partial charge >= 0.3 is 6.03 Å². The van der Waals surface area contributed by atoms with Crippen LogP contribution in [0.5, 0.6) is 0 Å². The molecule has 4 heteroatoms. The minimum absolute atomic E-state index is 0.0163. The number of hydrogen-bond acceptors (Lipinski definition) is 2. The second kappa shape index (κ2) is 5.95. The van der Waals surface area contributed by atoms with Gasteiger partial charge in [-0.3, -0.25) is 0 Å². The van der Waals surface area contributed by atoms with E-state index in [2.05, 4.69) is 12.2 Å². The van der Waals surface area contributed by atoms with Gasteiger partial charge < -0.3 is 15.3 Å². The number of amides is 2. The molecule has 0 bridgehead atoms. The van der Waals surface area contributed by atoms with Crippen LogP contribution in [0.15, 0.2) is 0 Å². The summed E-state index contributed by atoms with van der Waals surface area (Å²) in [5.41, 5.74) is 0. The fourth-order valence-corrected chi connectivity index (χ4v) is 1.71. The number of aliphatic hydroxyl groups excluding tert-OH is 1. The lowest BCUT2D eigenvalue weighted by Crippen LogP contribution is -2.44. The minimum atomic E-state index is -0.341. The van der Waals surface area contributed by atoms with Crippen molar-refractivity contribution in [3.8, 4) is 0 Å². The van der Waals surface area contributed by atoms with E-state index in [0.29, 0.717) is 13.0 Å². The number of nitrogens with zero attached hydrogens (tertiary/aromatic N) is 1. The number of carbonyl (C=O) groups excluding carboxylic acids is 1. The molecule has 0 saturated carbocycles. The largest absolute Gasteiger partial charge is 0.393 e. The summed E-state index contributed by atoms with van der Waals surface area (Å²) >= 11 is 0. The maximum atomic E-state index is 11.6. The Morgan fingerprint density at radius 2 is 2.13 bits per heavy atom. The van der Waals surface area contributed by atoms with Gasteiger partial charge in [0.2, 0.25) is 0 Å². The summed E-state index contributed by atoms with van der Waals surface area (Å²) in [6.45, 7) is 6.24. The third-order valence-electron chi connectivity index (χ3n) is 2.91. The molecule has 0 aromatic carbocycles. The number of rotatable bonds is 3. The van der Waals surface area contributed by atoms with Crippen molar-refractivity contribution in [3.05, 3.63) is 0 Å². The third kappa shape index (κ3) is 4.51. The molecule has 2 N–H and O–H groups in total. The van der Waals surface area contributed by atoms with Crippen LogP contribution >= 0.6 is 0 Å². The van der Waals surface area contributed by atoms with Crippen LogP contribution in [0.3, 0.4) is 0 Å². The first kappa shape index (κ1) is 12.3. The van der Waals surface area contributed by atoms with E-state index in [4.69, 9.17) is 5.11 Å². The van der Waals surface area contributed by atoms with Gasteiger partial charge in [-0.1, -0.05) is 6.92 Å². The molecule has 0 radical (unpaired) electrons. The van der Waals surface area contributed by atoms with E-state index >= 15 is 0 Å². The molecule has 1 fully saturated rings. The van der Waals surface area contributed by atoms with Crippen LogP contribution in [0.4, 0.5) is 4.79 Å². The summed E-state index contributed by atoms with van der Waals surface area (Å²) in [6, 6.07) is 0.0163. The molecule has 15 heavy (non-hydrogen) atoms. The van der Waals surface area contributed by atoms with E-state index in [-0.39, 0.29) is 12.1 Å². The quantitative estimate of drug-likeness (QED) is 0.741. The summed E-state index contributed by atoms with van der Waals surface area (Å²) in [4.78, 5) is 13.5. The van der Waals surface area contributed by atoms with Crippen molar-refractivity contribution in [2.24, 2.45) is 5.92 Å². The summed E-state index contributed by atoms with van der Waals surface area (Å²) < 4.78 is 0. The number of nitrogens with one attached hydrogen (secondary N) is 1. The highest BCUT2D eigenvalue weighted by molar-refractivity contribution is 5.74. The van der Waals surface area contributed by atoms with Gasteiger partial charge in [0.15, 0.2) is 0 Å². The number of aliphatic hydroxyl groups is 1. The average molecular weight is 214 g/mol. The average Bonchev–Trinajstić information content (AvgIpc) is 2.18. The Labute approximate surface area is 91.6 Å². The lowest BCUT2D eigenvalue weighted by molar-refractivity contribution is 0.165. The van der Waals surface area contributed by atoms with Crippen molar-refractivity contribution in [2.75, 3.05) is 19.6 Å². The van der Waals surface area contributed by atoms with E-state index in [1.54, 1.807) is 6.92 Å². The number of carbonyl (C=O) groups is 1. The molecule has 1 unspecified atom stereocenters. The Balaban J connectivity index is 2.17.